The quantitative estimate of drug-likeness (QED) is 0.629. The Morgan fingerprint density at radius 2 is 1.96 bits per heavy atom. The van der Waals surface area contributed by atoms with E-state index >= 15 is 0 Å². The highest BCUT2D eigenvalue weighted by molar-refractivity contribution is 8.18. The molecule has 3 rings (SSSR count). The van der Waals surface area contributed by atoms with Gasteiger partial charge in [-0.15, -0.1) is 23.5 Å². The number of hydrogen-bond donors (Lipinski definition) is 1. The summed E-state index contributed by atoms with van der Waals surface area (Å²) in [5.74, 6) is 2.36. The van der Waals surface area contributed by atoms with Crippen LogP contribution in [-0.2, 0) is 12.0 Å². The number of aromatic nitrogens is 1. The Hall–Kier alpha value is -0.390. The van der Waals surface area contributed by atoms with E-state index in [0.29, 0.717) is 16.5 Å². The zero-order valence-electron chi connectivity index (χ0n) is 14.9. The van der Waals surface area contributed by atoms with Crippen LogP contribution in [0.25, 0.3) is 0 Å². The van der Waals surface area contributed by atoms with E-state index in [1.807, 2.05) is 47.8 Å². The van der Waals surface area contributed by atoms with E-state index in [2.05, 4.69) is 18.8 Å². The fourth-order valence-corrected chi connectivity index (χ4v) is 7.77. The third-order valence-corrected chi connectivity index (χ3v) is 9.61. The lowest BCUT2D eigenvalue weighted by atomic mass is 9.80. The van der Waals surface area contributed by atoms with Crippen LogP contribution in [0.3, 0.4) is 0 Å². The van der Waals surface area contributed by atoms with Gasteiger partial charge in [-0.2, -0.15) is 0 Å². The molecule has 1 aromatic heterocycles. The van der Waals surface area contributed by atoms with Gasteiger partial charge in [0, 0.05) is 34.4 Å². The first-order valence-electron chi connectivity index (χ1n) is 8.74. The average molecular weight is 428 g/mol. The summed E-state index contributed by atoms with van der Waals surface area (Å²) in [6, 6.07) is 9.34. The lowest BCUT2D eigenvalue weighted by Crippen LogP contribution is -2.53. The fraction of sp³-hybridized carbons (Fsp3) is 0.450. The molecule has 1 fully saturated rings. The molecule has 1 atom stereocenters. The normalized spacial score (nSPS) is 19.3. The topological polar surface area (TPSA) is 33.1 Å². The van der Waals surface area contributed by atoms with E-state index in [0.717, 1.165) is 29.1 Å². The number of aliphatic hydroxyl groups is 1. The molecule has 2 nitrogen and oxygen atoms in total. The number of nitrogens with zero attached hydrogens (tertiary/aromatic N) is 1. The van der Waals surface area contributed by atoms with Gasteiger partial charge in [-0.25, -0.2) is 0 Å². The van der Waals surface area contributed by atoms with Gasteiger partial charge >= 0.3 is 0 Å². The maximum atomic E-state index is 12.2. The number of thioether (sulfide) groups is 2. The van der Waals surface area contributed by atoms with Gasteiger partial charge in [0.25, 0.3) is 0 Å². The van der Waals surface area contributed by atoms with Crippen molar-refractivity contribution in [1.29, 1.82) is 0 Å². The predicted molar refractivity (Wildman–Crippen MR) is 115 cm³/mol. The average Bonchev–Trinajstić information content (AvgIpc) is 2.65. The second-order valence-corrected chi connectivity index (χ2v) is 10.7. The molecule has 0 bridgehead atoms. The van der Waals surface area contributed by atoms with Crippen molar-refractivity contribution in [3.05, 3.63) is 63.9 Å². The molecule has 0 amide bonds. The smallest absolute Gasteiger partial charge is 0.119 e. The lowest BCUT2D eigenvalue weighted by molar-refractivity contribution is 0.0103. The van der Waals surface area contributed by atoms with E-state index < -0.39 is 5.60 Å². The minimum absolute atomic E-state index is 0.272. The number of pyridine rings is 1. The number of rotatable bonds is 5. The summed E-state index contributed by atoms with van der Waals surface area (Å²) in [4.78, 5) is 4.28. The molecule has 0 spiro atoms. The molecular weight excluding hydrogens is 405 g/mol. The Balaban J connectivity index is 2.13. The summed E-state index contributed by atoms with van der Waals surface area (Å²) in [5, 5.41) is 13.4. The van der Waals surface area contributed by atoms with Crippen molar-refractivity contribution < 1.29 is 5.11 Å². The number of hydrogen-bond acceptors (Lipinski definition) is 4. The van der Waals surface area contributed by atoms with Gasteiger partial charge in [-0.1, -0.05) is 49.2 Å². The van der Waals surface area contributed by atoms with E-state index in [-0.39, 0.29) is 10.00 Å². The van der Waals surface area contributed by atoms with Gasteiger partial charge in [0.1, 0.15) is 5.60 Å². The second-order valence-electron chi connectivity index (χ2n) is 6.89. The van der Waals surface area contributed by atoms with Crippen molar-refractivity contribution in [2.75, 3.05) is 11.5 Å². The van der Waals surface area contributed by atoms with Crippen molar-refractivity contribution in [2.45, 2.75) is 36.4 Å². The zero-order valence-corrected chi connectivity index (χ0v) is 18.1. The van der Waals surface area contributed by atoms with Crippen LogP contribution in [0.5, 0.6) is 0 Å². The van der Waals surface area contributed by atoms with Crippen molar-refractivity contribution in [3.8, 4) is 0 Å². The molecule has 1 saturated heterocycles. The fourth-order valence-electron chi connectivity index (χ4n) is 3.57. The van der Waals surface area contributed by atoms with Crippen LogP contribution in [0.15, 0.2) is 42.7 Å². The van der Waals surface area contributed by atoms with Gasteiger partial charge in [0.2, 0.25) is 0 Å². The summed E-state index contributed by atoms with van der Waals surface area (Å²) >= 11 is 16.3. The Bertz CT molecular complexity index is 751. The van der Waals surface area contributed by atoms with Crippen molar-refractivity contribution in [1.82, 2.24) is 4.98 Å². The molecule has 0 radical (unpaired) electrons. The van der Waals surface area contributed by atoms with Crippen LogP contribution in [0, 0.1) is 5.92 Å². The maximum Gasteiger partial charge on any atom is 0.119 e. The van der Waals surface area contributed by atoms with Crippen LogP contribution < -0.4 is 0 Å². The van der Waals surface area contributed by atoms with Gasteiger partial charge in [0.15, 0.2) is 0 Å². The first-order valence-corrected chi connectivity index (χ1v) is 11.5. The van der Waals surface area contributed by atoms with E-state index in [4.69, 9.17) is 23.2 Å². The van der Waals surface area contributed by atoms with E-state index in [1.165, 1.54) is 0 Å². The van der Waals surface area contributed by atoms with Crippen LogP contribution in [0.4, 0.5) is 0 Å². The van der Waals surface area contributed by atoms with Crippen molar-refractivity contribution in [3.63, 3.8) is 0 Å². The Morgan fingerprint density at radius 1 is 1.23 bits per heavy atom. The monoisotopic (exact) mass is 427 g/mol. The summed E-state index contributed by atoms with van der Waals surface area (Å²) in [6.07, 6.45) is 5.10. The zero-order chi connectivity index (χ0) is 18.8. The van der Waals surface area contributed by atoms with Gasteiger partial charge < -0.3 is 5.11 Å². The highest BCUT2D eigenvalue weighted by Crippen LogP contribution is 2.58. The molecule has 0 saturated carbocycles. The van der Waals surface area contributed by atoms with Crippen molar-refractivity contribution in [2.24, 2.45) is 5.92 Å². The highest BCUT2D eigenvalue weighted by Gasteiger charge is 2.55. The van der Waals surface area contributed by atoms with Crippen LogP contribution in [0.1, 0.15) is 31.4 Å². The molecule has 6 heteroatoms. The molecule has 2 aromatic rings. The molecule has 26 heavy (non-hydrogen) atoms. The molecule has 1 N–H and O–H groups in total. The first kappa shape index (κ1) is 20.3. The van der Waals surface area contributed by atoms with Gasteiger partial charge in [-0.3, -0.25) is 4.98 Å². The Morgan fingerprint density at radius 3 is 2.54 bits per heavy atom. The molecule has 0 aliphatic carbocycles. The van der Waals surface area contributed by atoms with Gasteiger partial charge in [0.05, 0.1) is 4.08 Å². The van der Waals surface area contributed by atoms with E-state index in [1.54, 1.807) is 18.5 Å². The SMILES string of the molecule is CC(C)C1(C(O)(Cc2ccc(Cl)cc2Cl)c2cccnc2)SCCCS1. The summed E-state index contributed by atoms with van der Waals surface area (Å²) in [7, 11) is 0. The Kier molecular flexibility index (Phi) is 6.51. The van der Waals surface area contributed by atoms with E-state index in [9.17, 15) is 5.11 Å². The van der Waals surface area contributed by atoms with Gasteiger partial charge in [-0.05, 0) is 47.6 Å². The number of halogens is 2. The molecule has 1 unspecified atom stereocenters. The molecule has 1 aromatic carbocycles. The van der Waals surface area contributed by atoms with Crippen LogP contribution >= 0.6 is 46.7 Å². The molecule has 1 aliphatic heterocycles. The summed E-state index contributed by atoms with van der Waals surface area (Å²) < 4.78 is -0.364. The third kappa shape index (κ3) is 3.77. The maximum absolute atomic E-state index is 12.2. The standard InChI is InChI=1S/C20H23Cl2NOS2/c1-14(2)20(25-9-4-10-26-20)19(24,16-5-3-8-23-13-16)12-15-6-7-17(21)11-18(15)22/h3,5-8,11,13-14,24H,4,9-10,12H2,1-2H3. The number of benzene rings is 1. The second kappa shape index (κ2) is 8.32. The van der Waals surface area contributed by atoms with Crippen molar-refractivity contribution >= 4 is 46.7 Å². The first-order chi connectivity index (χ1) is 12.4. The summed E-state index contributed by atoms with van der Waals surface area (Å²) in [5.41, 5.74) is 0.638. The molecular formula is C20H23Cl2NOS2. The largest absolute Gasteiger partial charge is 0.382 e. The van der Waals surface area contributed by atoms with Crippen LogP contribution in [-0.4, -0.2) is 25.7 Å². The molecule has 2 heterocycles. The Labute approximate surface area is 174 Å². The molecule has 1 aliphatic rings. The minimum atomic E-state index is -1.09. The predicted octanol–water partition coefficient (Wildman–Crippen LogP) is 6.04. The third-order valence-electron chi connectivity index (χ3n) is 4.86. The summed E-state index contributed by atoms with van der Waals surface area (Å²) in [6.45, 7) is 4.38. The minimum Gasteiger partial charge on any atom is -0.382 e. The lowest BCUT2D eigenvalue weighted by Gasteiger charge is -2.51. The molecule has 140 valence electrons. The van der Waals surface area contributed by atoms with Crippen LogP contribution in [0.2, 0.25) is 10.0 Å². The highest BCUT2D eigenvalue weighted by atomic mass is 35.5.